The predicted octanol–water partition coefficient (Wildman–Crippen LogP) is 6.65. The Morgan fingerprint density at radius 2 is 1.71 bits per heavy atom. The van der Waals surface area contributed by atoms with Crippen molar-refractivity contribution in [2.45, 2.75) is 51.4 Å². The molecule has 0 spiro atoms. The minimum atomic E-state index is -5.01. The minimum absolute atomic E-state index is 0.100. The van der Waals surface area contributed by atoms with Crippen LogP contribution in [0.1, 0.15) is 50.0 Å². The molecule has 4 N–H and O–H groups in total. The summed E-state index contributed by atoms with van der Waals surface area (Å²) in [6, 6.07) is 12.7. The molecule has 9 heteroatoms. The Labute approximate surface area is 225 Å². The molecule has 0 aliphatic carbocycles. The number of hydrogen-bond acceptors (Lipinski definition) is 4. The Hall–Kier alpha value is -2.78. The number of rotatable bonds is 11. The van der Waals surface area contributed by atoms with Crippen LogP contribution < -0.4 is 11.1 Å². The van der Waals surface area contributed by atoms with Gasteiger partial charge in [-0.2, -0.15) is 13.2 Å². The largest absolute Gasteiger partial charge is 0.422 e. The summed E-state index contributed by atoms with van der Waals surface area (Å²) < 4.78 is 55.1. The number of carbonyl (C=O) groups is 1. The molecule has 0 radical (unpaired) electrons. The Morgan fingerprint density at radius 3 is 2.24 bits per heavy atom. The number of ketones is 1. The molecule has 38 heavy (non-hydrogen) atoms. The lowest BCUT2D eigenvalue weighted by Crippen LogP contribution is -2.52. The van der Waals surface area contributed by atoms with Crippen molar-refractivity contribution in [1.82, 2.24) is 5.32 Å². The Morgan fingerprint density at radius 1 is 1.08 bits per heavy atom. The highest BCUT2D eigenvalue weighted by molar-refractivity contribution is 6.30. The summed E-state index contributed by atoms with van der Waals surface area (Å²) in [6.07, 6.45) is 0.211. The molecule has 2 rings (SSSR count). The number of hydrogen-bond donors (Lipinski definition) is 3. The van der Waals surface area contributed by atoms with Crippen molar-refractivity contribution < 1.29 is 27.5 Å². The van der Waals surface area contributed by atoms with Crippen molar-refractivity contribution in [2.75, 3.05) is 13.1 Å². The first-order valence-electron chi connectivity index (χ1n) is 12.0. The maximum absolute atomic E-state index is 13.8. The monoisotopic (exact) mass is 552 g/mol. The lowest BCUT2D eigenvalue weighted by molar-refractivity contribution is -0.239. The van der Waals surface area contributed by atoms with Gasteiger partial charge >= 0.3 is 6.18 Å². The molecule has 0 amide bonds. The molecule has 0 aliphatic rings. The van der Waals surface area contributed by atoms with E-state index in [1.807, 2.05) is 13.0 Å². The molecular formula is C29H33ClF4N2O2. The van der Waals surface area contributed by atoms with Crippen LogP contribution in [0.15, 0.2) is 77.9 Å². The summed E-state index contributed by atoms with van der Waals surface area (Å²) in [5, 5.41) is 13.4. The number of aliphatic hydroxyl groups is 1. The van der Waals surface area contributed by atoms with Gasteiger partial charge in [-0.3, -0.25) is 4.79 Å². The van der Waals surface area contributed by atoms with Gasteiger partial charge < -0.3 is 16.2 Å². The standard InChI is InChI=1S/C29H33ClF4N2O2/c1-5-9-21(22-12-13-25(31)24(30)16-22)15-23(14-19(2)28(38,18-35)29(32,33)34)27(3,4)36-17-26(37)20-10-7-6-8-11-20/h6-16,36,38H,5,17-18,35H2,1-4H3/b19-14+,21-9?,23-15+. The van der Waals surface area contributed by atoms with Crippen molar-refractivity contribution >= 4 is 23.0 Å². The van der Waals surface area contributed by atoms with Crippen molar-refractivity contribution in [3.05, 3.63) is 99.9 Å². The van der Waals surface area contributed by atoms with E-state index in [1.54, 1.807) is 50.3 Å². The number of Topliss-reactive ketones (excluding diaryl/α,β-unsaturated/α-hetero) is 1. The Balaban J connectivity index is 2.63. The summed E-state index contributed by atoms with van der Waals surface area (Å²) in [5.74, 6) is -0.812. The topological polar surface area (TPSA) is 75.3 Å². The summed E-state index contributed by atoms with van der Waals surface area (Å²) >= 11 is 5.98. The molecular weight excluding hydrogens is 520 g/mol. The van der Waals surface area contributed by atoms with Crippen molar-refractivity contribution in [1.29, 1.82) is 0 Å². The number of nitrogens with two attached hydrogens (primary N) is 1. The van der Waals surface area contributed by atoms with Crippen LogP contribution in [-0.4, -0.2) is 41.3 Å². The van der Waals surface area contributed by atoms with Gasteiger partial charge in [-0.15, -0.1) is 0 Å². The third kappa shape index (κ3) is 7.63. The van der Waals surface area contributed by atoms with Gasteiger partial charge in [-0.05, 0) is 67.7 Å². The number of halogens is 5. The zero-order valence-electron chi connectivity index (χ0n) is 21.8. The summed E-state index contributed by atoms with van der Waals surface area (Å²) in [6.45, 7) is 5.26. The van der Waals surface area contributed by atoms with Crippen LogP contribution >= 0.6 is 11.6 Å². The number of benzene rings is 2. The molecule has 0 saturated heterocycles. The van der Waals surface area contributed by atoms with E-state index < -0.39 is 35.3 Å². The fourth-order valence-electron chi connectivity index (χ4n) is 3.71. The zero-order valence-corrected chi connectivity index (χ0v) is 22.6. The van der Waals surface area contributed by atoms with Crippen LogP contribution in [0.4, 0.5) is 17.6 Å². The van der Waals surface area contributed by atoms with E-state index in [-0.39, 0.29) is 17.4 Å². The van der Waals surface area contributed by atoms with Gasteiger partial charge in [-0.1, -0.05) is 67.1 Å². The van der Waals surface area contributed by atoms with Crippen molar-refractivity contribution in [3.8, 4) is 0 Å². The number of alkyl halides is 3. The van der Waals surface area contributed by atoms with Crippen LogP contribution in [0.2, 0.25) is 5.02 Å². The second kappa shape index (κ2) is 12.8. The van der Waals surface area contributed by atoms with Crippen molar-refractivity contribution in [3.63, 3.8) is 0 Å². The quantitative estimate of drug-likeness (QED) is 0.166. The molecule has 1 unspecified atom stereocenters. The van der Waals surface area contributed by atoms with E-state index in [4.69, 9.17) is 17.3 Å². The first-order valence-corrected chi connectivity index (χ1v) is 12.4. The molecule has 0 heterocycles. The van der Waals surface area contributed by atoms with E-state index in [9.17, 15) is 27.5 Å². The molecule has 1 atom stereocenters. The van der Waals surface area contributed by atoms with Crippen LogP contribution in [0, 0.1) is 5.82 Å². The van der Waals surface area contributed by atoms with Crippen LogP contribution in [-0.2, 0) is 0 Å². The maximum atomic E-state index is 13.8. The number of carbonyl (C=O) groups excluding carboxylic acids is 1. The number of allylic oxidation sites excluding steroid dienone is 3. The maximum Gasteiger partial charge on any atom is 0.422 e. The Bertz CT molecular complexity index is 1220. The average Bonchev–Trinajstić information content (AvgIpc) is 2.87. The fraction of sp³-hybridized carbons (Fsp3) is 0.345. The second-order valence-electron chi connectivity index (χ2n) is 9.45. The summed E-state index contributed by atoms with van der Waals surface area (Å²) in [5.41, 5.74) is 2.56. The zero-order chi connectivity index (χ0) is 28.7. The van der Waals surface area contributed by atoms with Gasteiger partial charge in [0.2, 0.25) is 0 Å². The first-order chi connectivity index (χ1) is 17.7. The van der Waals surface area contributed by atoms with Gasteiger partial charge in [0.25, 0.3) is 0 Å². The van der Waals surface area contributed by atoms with Gasteiger partial charge in [0.1, 0.15) is 5.82 Å². The molecule has 2 aromatic rings. The summed E-state index contributed by atoms with van der Waals surface area (Å²) in [7, 11) is 0. The van der Waals surface area contributed by atoms with E-state index in [0.717, 1.165) is 6.92 Å². The van der Waals surface area contributed by atoms with Gasteiger partial charge in [0.05, 0.1) is 11.6 Å². The molecule has 4 nitrogen and oxygen atoms in total. The van der Waals surface area contributed by atoms with Crippen LogP contribution in [0.3, 0.4) is 0 Å². The van der Waals surface area contributed by atoms with Crippen LogP contribution in [0.5, 0.6) is 0 Å². The van der Waals surface area contributed by atoms with Crippen molar-refractivity contribution in [2.24, 2.45) is 5.73 Å². The minimum Gasteiger partial charge on any atom is -0.376 e. The average molecular weight is 553 g/mol. The smallest absolute Gasteiger partial charge is 0.376 e. The molecule has 0 saturated carbocycles. The highest BCUT2D eigenvalue weighted by Crippen LogP contribution is 2.37. The number of nitrogens with one attached hydrogen (secondary N) is 1. The third-order valence-corrected chi connectivity index (χ3v) is 6.57. The molecule has 0 aromatic heterocycles. The summed E-state index contributed by atoms with van der Waals surface area (Å²) in [4.78, 5) is 12.7. The van der Waals surface area contributed by atoms with Crippen LogP contribution in [0.25, 0.3) is 5.57 Å². The molecule has 0 bridgehead atoms. The predicted molar refractivity (Wildman–Crippen MR) is 144 cm³/mol. The van der Waals surface area contributed by atoms with Gasteiger partial charge in [0.15, 0.2) is 11.4 Å². The van der Waals surface area contributed by atoms with Gasteiger partial charge in [-0.25, -0.2) is 4.39 Å². The molecule has 0 fully saturated rings. The lowest BCUT2D eigenvalue weighted by atomic mass is 9.85. The SMILES string of the molecule is CCC=C(/C=C(\C=C(/C)C(O)(CN)C(F)(F)F)C(C)(C)NCC(=O)c1ccccc1)c1ccc(F)c(Cl)c1. The van der Waals surface area contributed by atoms with E-state index in [0.29, 0.717) is 28.7 Å². The van der Waals surface area contributed by atoms with E-state index in [2.05, 4.69) is 5.32 Å². The molecule has 206 valence electrons. The molecule has 0 aliphatic heterocycles. The molecule has 2 aromatic carbocycles. The van der Waals surface area contributed by atoms with Gasteiger partial charge in [0, 0.05) is 17.6 Å². The Kier molecular flexibility index (Phi) is 10.6. The third-order valence-electron chi connectivity index (χ3n) is 6.29. The second-order valence-corrected chi connectivity index (χ2v) is 9.86. The van der Waals surface area contributed by atoms with E-state index in [1.165, 1.54) is 24.3 Å². The van der Waals surface area contributed by atoms with E-state index >= 15 is 0 Å². The highest BCUT2D eigenvalue weighted by atomic mass is 35.5. The lowest BCUT2D eigenvalue weighted by Gasteiger charge is -2.33. The first kappa shape index (κ1) is 31.4. The fourth-order valence-corrected chi connectivity index (χ4v) is 3.89. The highest BCUT2D eigenvalue weighted by Gasteiger charge is 2.54. The normalized spacial score (nSPS) is 15.4.